The van der Waals surface area contributed by atoms with Gasteiger partial charge in [0.25, 0.3) is 0 Å². The van der Waals surface area contributed by atoms with E-state index in [9.17, 15) is 0 Å². The summed E-state index contributed by atoms with van der Waals surface area (Å²) in [6.45, 7) is 2.37. The molecule has 1 aliphatic carbocycles. The summed E-state index contributed by atoms with van der Waals surface area (Å²) in [4.78, 5) is 0. The summed E-state index contributed by atoms with van der Waals surface area (Å²) in [6.07, 6.45) is 5.18. The molecule has 1 saturated heterocycles. The van der Waals surface area contributed by atoms with Crippen molar-refractivity contribution in [3.05, 3.63) is 35.9 Å². The third kappa shape index (κ3) is 1.75. The number of benzene rings is 1. The van der Waals surface area contributed by atoms with Crippen molar-refractivity contribution in [2.45, 2.75) is 18.9 Å². The monoisotopic (exact) mass is 262 g/mol. The van der Waals surface area contributed by atoms with E-state index in [1.807, 2.05) is 0 Å². The molecule has 1 aromatic rings. The number of para-hydroxylation sites is 1. The van der Waals surface area contributed by atoms with Crippen LogP contribution in [0.15, 0.2) is 30.3 Å². The van der Waals surface area contributed by atoms with Gasteiger partial charge in [0.15, 0.2) is 0 Å². The highest BCUT2D eigenvalue weighted by atomic mass is 35.5. The highest BCUT2D eigenvalue weighted by Gasteiger charge is 2.36. The van der Waals surface area contributed by atoms with Gasteiger partial charge in [-0.1, -0.05) is 24.3 Å². The summed E-state index contributed by atoms with van der Waals surface area (Å²) in [5, 5.41) is 7.20. The smallest absolute Gasteiger partial charge is 0.0520 e. The summed E-state index contributed by atoms with van der Waals surface area (Å²) in [6, 6.07) is 9.31. The van der Waals surface area contributed by atoms with Gasteiger partial charge in [-0.3, -0.25) is 0 Å². The van der Waals surface area contributed by atoms with Crippen molar-refractivity contribution in [1.82, 2.24) is 5.32 Å². The standard InChI is InChI=1S/C15H18N2.ClH/c1-2-4-14-12(3-1)13-7-11-9-16-6-5-10(11)8-15(13)17-14;/h1-4,7,10-11,15-17H,5-6,8-9H2;1H. The summed E-state index contributed by atoms with van der Waals surface area (Å²) in [7, 11) is 0. The molecule has 1 fully saturated rings. The molecule has 0 amide bonds. The third-order valence-electron chi connectivity index (χ3n) is 4.55. The van der Waals surface area contributed by atoms with Crippen molar-refractivity contribution >= 4 is 23.7 Å². The lowest BCUT2D eigenvalue weighted by Crippen LogP contribution is -2.40. The zero-order chi connectivity index (χ0) is 11.2. The molecule has 3 heteroatoms. The minimum Gasteiger partial charge on any atom is -0.378 e. The van der Waals surface area contributed by atoms with Gasteiger partial charge in [0.2, 0.25) is 0 Å². The van der Waals surface area contributed by atoms with Gasteiger partial charge in [0, 0.05) is 17.8 Å². The van der Waals surface area contributed by atoms with Crippen molar-refractivity contribution in [2.75, 3.05) is 18.4 Å². The fraction of sp³-hybridized carbons (Fsp3) is 0.467. The molecule has 2 heterocycles. The Morgan fingerprint density at radius 2 is 2.06 bits per heavy atom. The van der Waals surface area contributed by atoms with Gasteiger partial charge in [0.1, 0.15) is 0 Å². The van der Waals surface area contributed by atoms with Crippen LogP contribution in [0.25, 0.3) is 5.57 Å². The van der Waals surface area contributed by atoms with Gasteiger partial charge in [0.05, 0.1) is 6.04 Å². The molecule has 3 unspecified atom stereocenters. The zero-order valence-electron chi connectivity index (χ0n) is 10.4. The summed E-state index contributed by atoms with van der Waals surface area (Å²) in [5.74, 6) is 1.63. The predicted molar refractivity (Wildman–Crippen MR) is 78.2 cm³/mol. The fourth-order valence-corrected chi connectivity index (χ4v) is 3.66. The Balaban J connectivity index is 0.000001000. The van der Waals surface area contributed by atoms with Crippen LogP contribution in [0, 0.1) is 11.8 Å². The number of nitrogens with one attached hydrogen (secondary N) is 2. The topological polar surface area (TPSA) is 24.1 Å². The zero-order valence-corrected chi connectivity index (χ0v) is 11.2. The normalized spacial score (nSPS) is 32.2. The molecular formula is C15H19ClN2. The van der Waals surface area contributed by atoms with Crippen molar-refractivity contribution in [1.29, 1.82) is 0 Å². The van der Waals surface area contributed by atoms with Crippen LogP contribution in [0.3, 0.4) is 0 Å². The molecule has 18 heavy (non-hydrogen) atoms. The molecule has 1 aromatic carbocycles. The van der Waals surface area contributed by atoms with Crippen LogP contribution >= 0.6 is 12.4 Å². The largest absolute Gasteiger partial charge is 0.378 e. The Labute approximate surface area is 114 Å². The average Bonchev–Trinajstić information content (AvgIpc) is 2.73. The minimum atomic E-state index is 0. The molecule has 0 spiro atoms. The van der Waals surface area contributed by atoms with Gasteiger partial charge >= 0.3 is 0 Å². The molecule has 2 nitrogen and oxygen atoms in total. The summed E-state index contributed by atoms with van der Waals surface area (Å²) >= 11 is 0. The van der Waals surface area contributed by atoms with Gasteiger partial charge in [-0.05, 0) is 42.9 Å². The lowest BCUT2D eigenvalue weighted by Gasteiger charge is -2.36. The SMILES string of the molecule is C1=C2c3ccccc3NC2CC2CCNCC12.Cl. The molecule has 3 aliphatic rings. The van der Waals surface area contributed by atoms with E-state index < -0.39 is 0 Å². The second-order valence-electron chi connectivity index (χ2n) is 5.52. The maximum Gasteiger partial charge on any atom is 0.0520 e. The lowest BCUT2D eigenvalue weighted by atomic mass is 9.74. The highest BCUT2D eigenvalue weighted by Crippen LogP contribution is 2.44. The Hall–Kier alpha value is -0.990. The second kappa shape index (κ2) is 4.60. The van der Waals surface area contributed by atoms with Gasteiger partial charge in [-0.2, -0.15) is 0 Å². The maximum atomic E-state index is 3.68. The molecule has 0 saturated carbocycles. The molecule has 4 rings (SSSR count). The molecular weight excluding hydrogens is 244 g/mol. The minimum absolute atomic E-state index is 0. The fourth-order valence-electron chi connectivity index (χ4n) is 3.66. The first-order chi connectivity index (χ1) is 8.42. The molecule has 2 N–H and O–H groups in total. The van der Waals surface area contributed by atoms with Crippen molar-refractivity contribution in [3.8, 4) is 0 Å². The molecule has 0 radical (unpaired) electrons. The van der Waals surface area contributed by atoms with Crippen LogP contribution in [-0.2, 0) is 0 Å². The number of anilines is 1. The Bertz CT molecular complexity index is 483. The van der Waals surface area contributed by atoms with E-state index >= 15 is 0 Å². The van der Waals surface area contributed by atoms with E-state index in [1.165, 1.54) is 37.2 Å². The van der Waals surface area contributed by atoms with Gasteiger partial charge < -0.3 is 10.6 Å². The second-order valence-corrected chi connectivity index (χ2v) is 5.52. The van der Waals surface area contributed by atoms with Crippen molar-refractivity contribution < 1.29 is 0 Å². The third-order valence-corrected chi connectivity index (χ3v) is 4.55. The average molecular weight is 263 g/mol. The lowest BCUT2D eigenvalue weighted by molar-refractivity contribution is 0.273. The Morgan fingerprint density at radius 3 is 3.00 bits per heavy atom. The molecule has 3 atom stereocenters. The summed E-state index contributed by atoms with van der Waals surface area (Å²) in [5.41, 5.74) is 4.31. The van der Waals surface area contributed by atoms with E-state index in [1.54, 1.807) is 5.57 Å². The first-order valence-corrected chi connectivity index (χ1v) is 6.70. The number of piperidine rings is 1. The van der Waals surface area contributed by atoms with Gasteiger partial charge in [-0.15, -0.1) is 12.4 Å². The van der Waals surface area contributed by atoms with Crippen LogP contribution in [0.1, 0.15) is 18.4 Å². The number of hydrogen-bond donors (Lipinski definition) is 2. The summed E-state index contributed by atoms with van der Waals surface area (Å²) < 4.78 is 0. The molecule has 96 valence electrons. The van der Waals surface area contributed by atoms with E-state index in [2.05, 4.69) is 41.0 Å². The van der Waals surface area contributed by atoms with Crippen LogP contribution in [0.4, 0.5) is 5.69 Å². The van der Waals surface area contributed by atoms with Crippen LogP contribution in [0.5, 0.6) is 0 Å². The Morgan fingerprint density at radius 1 is 1.17 bits per heavy atom. The van der Waals surface area contributed by atoms with E-state index in [0.29, 0.717) is 6.04 Å². The first kappa shape index (κ1) is 12.1. The van der Waals surface area contributed by atoms with Crippen LogP contribution in [-0.4, -0.2) is 19.1 Å². The molecule has 0 bridgehead atoms. The predicted octanol–water partition coefficient (Wildman–Crippen LogP) is 2.92. The number of hydrogen-bond acceptors (Lipinski definition) is 2. The van der Waals surface area contributed by atoms with E-state index in [0.717, 1.165) is 11.8 Å². The van der Waals surface area contributed by atoms with Crippen molar-refractivity contribution in [2.24, 2.45) is 11.8 Å². The van der Waals surface area contributed by atoms with Crippen molar-refractivity contribution in [3.63, 3.8) is 0 Å². The maximum absolute atomic E-state index is 3.68. The van der Waals surface area contributed by atoms with Gasteiger partial charge in [-0.25, -0.2) is 0 Å². The van der Waals surface area contributed by atoms with Crippen LogP contribution < -0.4 is 10.6 Å². The van der Waals surface area contributed by atoms with E-state index in [-0.39, 0.29) is 12.4 Å². The Kier molecular flexibility index (Phi) is 3.08. The quantitative estimate of drug-likeness (QED) is 0.751. The molecule has 2 aliphatic heterocycles. The highest BCUT2D eigenvalue weighted by molar-refractivity contribution is 5.87. The van der Waals surface area contributed by atoms with E-state index in [4.69, 9.17) is 0 Å². The molecule has 0 aromatic heterocycles. The number of fused-ring (bicyclic) bond motifs is 4. The first-order valence-electron chi connectivity index (χ1n) is 6.70. The number of rotatable bonds is 0. The van der Waals surface area contributed by atoms with Crippen LogP contribution in [0.2, 0.25) is 0 Å². The number of halogens is 1.